The third kappa shape index (κ3) is 1.72. The fourth-order valence-corrected chi connectivity index (χ4v) is 1.46. The number of aryl methyl sites for hydroxylation is 2. The Morgan fingerprint density at radius 3 is 2.53 bits per heavy atom. The van der Waals surface area contributed by atoms with Crippen LogP contribution in [-0.4, -0.2) is 20.0 Å². The van der Waals surface area contributed by atoms with Crippen molar-refractivity contribution < 1.29 is 0 Å². The molecule has 0 unspecified atom stereocenters. The molecule has 2 aromatic heterocycles. The summed E-state index contributed by atoms with van der Waals surface area (Å²) in [6.07, 6.45) is 0. The molecule has 0 spiro atoms. The average molecular weight is 269 g/mol. The van der Waals surface area contributed by atoms with E-state index in [4.69, 9.17) is 0 Å². The van der Waals surface area contributed by atoms with Gasteiger partial charge in [-0.2, -0.15) is 9.78 Å². The highest BCUT2D eigenvalue weighted by Gasteiger charge is 2.10. The molecule has 0 aliphatic carbocycles. The van der Waals surface area contributed by atoms with E-state index in [0.717, 1.165) is 11.4 Å². The van der Waals surface area contributed by atoms with E-state index in [0.29, 0.717) is 10.3 Å². The minimum atomic E-state index is -0.161. The lowest BCUT2D eigenvalue weighted by molar-refractivity contribution is 0.776. The third-order valence-corrected chi connectivity index (χ3v) is 2.95. The van der Waals surface area contributed by atoms with Gasteiger partial charge in [-0.25, -0.2) is 0 Å². The van der Waals surface area contributed by atoms with Crippen molar-refractivity contribution in [2.45, 2.75) is 13.8 Å². The van der Waals surface area contributed by atoms with Crippen LogP contribution in [0.5, 0.6) is 0 Å². The van der Waals surface area contributed by atoms with Gasteiger partial charge in [-0.1, -0.05) is 0 Å². The first-order valence-corrected chi connectivity index (χ1v) is 5.16. The van der Waals surface area contributed by atoms with Gasteiger partial charge in [0.15, 0.2) is 5.82 Å². The predicted octanol–water partition coefficient (Wildman–Crippen LogP) is 1.33. The molecular formula is C9H9BrN4O. The van der Waals surface area contributed by atoms with Crippen molar-refractivity contribution in [1.82, 2.24) is 20.0 Å². The van der Waals surface area contributed by atoms with Gasteiger partial charge < -0.3 is 0 Å². The highest BCUT2D eigenvalue weighted by molar-refractivity contribution is 9.10. The number of nitrogens with zero attached hydrogens (tertiary/aromatic N) is 3. The van der Waals surface area contributed by atoms with Crippen molar-refractivity contribution in [3.63, 3.8) is 0 Å². The van der Waals surface area contributed by atoms with Crippen LogP contribution in [0.2, 0.25) is 0 Å². The van der Waals surface area contributed by atoms with E-state index in [1.54, 1.807) is 12.1 Å². The van der Waals surface area contributed by atoms with E-state index in [1.165, 1.54) is 4.68 Å². The SMILES string of the molecule is Cc1ccc(-n2[nH]c(C)c(Br)c2=O)nn1. The first kappa shape index (κ1) is 10.1. The number of halogens is 1. The second kappa shape index (κ2) is 3.62. The molecule has 0 aliphatic heterocycles. The van der Waals surface area contributed by atoms with Crippen LogP contribution in [0.1, 0.15) is 11.4 Å². The van der Waals surface area contributed by atoms with Crippen LogP contribution in [0.3, 0.4) is 0 Å². The van der Waals surface area contributed by atoms with E-state index in [9.17, 15) is 4.79 Å². The lowest BCUT2D eigenvalue weighted by Crippen LogP contribution is -2.16. The van der Waals surface area contributed by atoms with Crippen molar-refractivity contribution in [3.05, 3.63) is 38.3 Å². The molecule has 2 heterocycles. The number of rotatable bonds is 1. The van der Waals surface area contributed by atoms with E-state index < -0.39 is 0 Å². The summed E-state index contributed by atoms with van der Waals surface area (Å²) in [6.45, 7) is 3.65. The van der Waals surface area contributed by atoms with E-state index in [1.807, 2.05) is 13.8 Å². The number of aromatic nitrogens is 4. The molecule has 0 amide bonds. The van der Waals surface area contributed by atoms with Gasteiger partial charge >= 0.3 is 0 Å². The van der Waals surface area contributed by atoms with Gasteiger partial charge in [-0.05, 0) is 41.9 Å². The minimum absolute atomic E-state index is 0.161. The molecular weight excluding hydrogens is 260 g/mol. The number of hydrogen-bond donors (Lipinski definition) is 1. The van der Waals surface area contributed by atoms with Gasteiger partial charge in [0, 0.05) is 5.69 Å². The van der Waals surface area contributed by atoms with Crippen molar-refractivity contribution >= 4 is 15.9 Å². The van der Waals surface area contributed by atoms with E-state index in [2.05, 4.69) is 31.2 Å². The normalized spacial score (nSPS) is 10.6. The Morgan fingerprint density at radius 2 is 2.07 bits per heavy atom. The lowest BCUT2D eigenvalue weighted by Gasteiger charge is -1.98. The largest absolute Gasteiger partial charge is 0.293 e. The van der Waals surface area contributed by atoms with Crippen molar-refractivity contribution in [1.29, 1.82) is 0 Å². The maximum atomic E-state index is 11.7. The summed E-state index contributed by atoms with van der Waals surface area (Å²) in [6, 6.07) is 3.55. The van der Waals surface area contributed by atoms with E-state index in [-0.39, 0.29) is 5.56 Å². The van der Waals surface area contributed by atoms with Gasteiger partial charge in [-0.3, -0.25) is 9.89 Å². The first-order valence-electron chi connectivity index (χ1n) is 4.37. The zero-order chi connectivity index (χ0) is 11.0. The summed E-state index contributed by atoms with van der Waals surface area (Å²) in [5.74, 6) is 0.486. The molecule has 0 atom stereocenters. The molecule has 0 fully saturated rings. The zero-order valence-corrected chi connectivity index (χ0v) is 9.87. The van der Waals surface area contributed by atoms with Gasteiger partial charge in [0.1, 0.15) is 4.47 Å². The summed E-state index contributed by atoms with van der Waals surface area (Å²) >= 11 is 3.20. The quantitative estimate of drug-likeness (QED) is 0.849. The van der Waals surface area contributed by atoms with Crippen LogP contribution in [0.15, 0.2) is 21.4 Å². The number of nitrogens with one attached hydrogen (secondary N) is 1. The van der Waals surface area contributed by atoms with E-state index >= 15 is 0 Å². The first-order chi connectivity index (χ1) is 7.09. The smallest absolute Gasteiger partial charge is 0.287 e. The van der Waals surface area contributed by atoms with Gasteiger partial charge in [0.25, 0.3) is 5.56 Å². The van der Waals surface area contributed by atoms with Crippen LogP contribution in [0.25, 0.3) is 5.82 Å². The zero-order valence-electron chi connectivity index (χ0n) is 8.28. The Morgan fingerprint density at radius 1 is 1.33 bits per heavy atom. The monoisotopic (exact) mass is 268 g/mol. The topological polar surface area (TPSA) is 63.6 Å². The Bertz CT molecular complexity index is 540. The van der Waals surface area contributed by atoms with Crippen molar-refractivity contribution in [3.8, 4) is 5.82 Å². The van der Waals surface area contributed by atoms with Crippen molar-refractivity contribution in [2.24, 2.45) is 0 Å². The third-order valence-electron chi connectivity index (χ3n) is 2.01. The summed E-state index contributed by atoms with van der Waals surface area (Å²) in [7, 11) is 0. The fourth-order valence-electron chi connectivity index (χ4n) is 1.20. The maximum absolute atomic E-state index is 11.7. The van der Waals surface area contributed by atoms with Crippen LogP contribution >= 0.6 is 15.9 Å². The van der Waals surface area contributed by atoms with Crippen molar-refractivity contribution in [2.75, 3.05) is 0 Å². The summed E-state index contributed by atoms with van der Waals surface area (Å²) in [5.41, 5.74) is 1.42. The molecule has 2 aromatic rings. The summed E-state index contributed by atoms with van der Waals surface area (Å²) in [5, 5.41) is 10.7. The molecule has 1 N–H and O–H groups in total. The van der Waals surface area contributed by atoms with Gasteiger partial charge in [0.2, 0.25) is 0 Å². The molecule has 0 bridgehead atoms. The molecule has 0 radical (unpaired) electrons. The molecule has 0 saturated carbocycles. The highest BCUT2D eigenvalue weighted by atomic mass is 79.9. The fraction of sp³-hybridized carbons (Fsp3) is 0.222. The molecule has 0 saturated heterocycles. The highest BCUT2D eigenvalue weighted by Crippen LogP contribution is 2.09. The Labute approximate surface area is 94.3 Å². The Kier molecular flexibility index (Phi) is 2.44. The molecule has 0 aliphatic rings. The van der Waals surface area contributed by atoms with Crippen LogP contribution < -0.4 is 5.56 Å². The second-order valence-corrected chi connectivity index (χ2v) is 4.02. The minimum Gasteiger partial charge on any atom is -0.293 e. The van der Waals surface area contributed by atoms with Gasteiger partial charge in [-0.15, -0.1) is 5.10 Å². The molecule has 78 valence electrons. The number of hydrogen-bond acceptors (Lipinski definition) is 3. The number of H-pyrrole nitrogens is 1. The Hall–Kier alpha value is -1.43. The average Bonchev–Trinajstić information content (AvgIpc) is 2.47. The molecule has 5 nitrogen and oxygen atoms in total. The van der Waals surface area contributed by atoms with Gasteiger partial charge in [0.05, 0.1) is 5.69 Å². The summed E-state index contributed by atoms with van der Waals surface area (Å²) in [4.78, 5) is 11.7. The Balaban J connectivity index is 2.59. The maximum Gasteiger partial charge on any atom is 0.287 e. The van der Waals surface area contributed by atoms with Crippen LogP contribution in [-0.2, 0) is 0 Å². The second-order valence-electron chi connectivity index (χ2n) is 3.22. The predicted molar refractivity (Wildman–Crippen MR) is 59.2 cm³/mol. The molecule has 2 rings (SSSR count). The molecule has 6 heteroatoms. The lowest BCUT2D eigenvalue weighted by atomic mass is 10.4. The number of aromatic amines is 1. The molecule has 15 heavy (non-hydrogen) atoms. The summed E-state index contributed by atoms with van der Waals surface area (Å²) < 4.78 is 1.87. The standard InChI is InChI=1S/C9H9BrN4O/c1-5-3-4-7(12-11-5)14-9(15)8(10)6(2)13-14/h3-4,13H,1-2H3. The van der Waals surface area contributed by atoms with Crippen LogP contribution in [0, 0.1) is 13.8 Å². The molecule has 0 aromatic carbocycles. The van der Waals surface area contributed by atoms with Crippen LogP contribution in [0.4, 0.5) is 0 Å².